The number of hydrogen-bond donors (Lipinski definition) is 2. The summed E-state index contributed by atoms with van der Waals surface area (Å²) in [6, 6.07) is 5.28. The van der Waals surface area contributed by atoms with E-state index in [9.17, 15) is 4.79 Å². The van der Waals surface area contributed by atoms with Gasteiger partial charge in [0, 0.05) is 11.0 Å². The van der Waals surface area contributed by atoms with Crippen LogP contribution >= 0.6 is 27.5 Å². The van der Waals surface area contributed by atoms with Gasteiger partial charge in [0.05, 0.1) is 10.6 Å². The number of halogens is 2. The minimum atomic E-state index is -0.246. The number of amides is 1. The van der Waals surface area contributed by atoms with E-state index in [2.05, 4.69) is 21.2 Å². The average molecular weight is 362 g/mol. The molecule has 0 atom stereocenters. The van der Waals surface area contributed by atoms with Crippen LogP contribution in [0.2, 0.25) is 5.02 Å². The highest BCUT2D eigenvalue weighted by atomic mass is 79.9. The predicted molar refractivity (Wildman–Crippen MR) is 83.0 cm³/mol. The van der Waals surface area contributed by atoms with Crippen LogP contribution in [0.25, 0.3) is 0 Å². The van der Waals surface area contributed by atoms with Crippen LogP contribution in [0.5, 0.6) is 5.75 Å². The molecule has 1 amide bonds. The summed E-state index contributed by atoms with van der Waals surface area (Å²) < 4.78 is 6.32. The van der Waals surface area contributed by atoms with E-state index in [1.54, 1.807) is 12.1 Å². The molecule has 3 N–H and O–H groups in total. The first-order valence-electron chi connectivity index (χ1n) is 6.64. The Kier molecular flexibility index (Phi) is 5.29. The SMILES string of the molecule is NCC1(NC(=O)COc2ccc(Br)cc2Cl)CCCC1. The highest BCUT2D eigenvalue weighted by Gasteiger charge is 2.33. The molecule has 0 spiro atoms. The summed E-state index contributed by atoms with van der Waals surface area (Å²) in [5.41, 5.74) is 5.54. The Morgan fingerprint density at radius 3 is 2.75 bits per heavy atom. The molecule has 1 aliphatic carbocycles. The molecule has 1 fully saturated rings. The molecule has 0 radical (unpaired) electrons. The summed E-state index contributed by atoms with van der Waals surface area (Å²) >= 11 is 9.35. The van der Waals surface area contributed by atoms with Crippen molar-refractivity contribution < 1.29 is 9.53 Å². The van der Waals surface area contributed by atoms with E-state index in [-0.39, 0.29) is 18.1 Å². The van der Waals surface area contributed by atoms with E-state index in [0.717, 1.165) is 30.2 Å². The van der Waals surface area contributed by atoms with Gasteiger partial charge in [-0.1, -0.05) is 40.4 Å². The Balaban J connectivity index is 1.89. The quantitative estimate of drug-likeness (QED) is 0.847. The number of nitrogens with one attached hydrogen (secondary N) is 1. The maximum Gasteiger partial charge on any atom is 0.258 e. The number of nitrogens with two attached hydrogens (primary N) is 1. The van der Waals surface area contributed by atoms with Gasteiger partial charge in [-0.2, -0.15) is 0 Å². The van der Waals surface area contributed by atoms with Crippen LogP contribution in [-0.4, -0.2) is 24.6 Å². The average Bonchev–Trinajstić information content (AvgIpc) is 2.87. The number of carbonyl (C=O) groups is 1. The number of rotatable bonds is 5. The largest absolute Gasteiger partial charge is 0.482 e. The van der Waals surface area contributed by atoms with Crippen molar-refractivity contribution in [2.75, 3.05) is 13.2 Å². The molecule has 2 rings (SSSR count). The van der Waals surface area contributed by atoms with Crippen LogP contribution in [0.15, 0.2) is 22.7 Å². The van der Waals surface area contributed by atoms with E-state index in [0.29, 0.717) is 17.3 Å². The molecule has 0 heterocycles. The van der Waals surface area contributed by atoms with Crippen molar-refractivity contribution in [1.82, 2.24) is 5.32 Å². The zero-order valence-corrected chi connectivity index (χ0v) is 13.5. The summed E-state index contributed by atoms with van der Waals surface area (Å²) in [5.74, 6) is 0.342. The maximum atomic E-state index is 12.0. The third kappa shape index (κ3) is 3.87. The van der Waals surface area contributed by atoms with E-state index < -0.39 is 0 Å². The van der Waals surface area contributed by atoms with Crippen molar-refractivity contribution in [2.45, 2.75) is 31.2 Å². The molecule has 110 valence electrons. The number of carbonyl (C=O) groups excluding carboxylic acids is 1. The highest BCUT2D eigenvalue weighted by Crippen LogP contribution is 2.29. The molecule has 6 heteroatoms. The molecule has 1 saturated carbocycles. The van der Waals surface area contributed by atoms with Crippen LogP contribution in [0.1, 0.15) is 25.7 Å². The van der Waals surface area contributed by atoms with Gasteiger partial charge in [0.25, 0.3) is 5.91 Å². The lowest BCUT2D eigenvalue weighted by molar-refractivity contribution is -0.124. The molecule has 0 bridgehead atoms. The smallest absolute Gasteiger partial charge is 0.258 e. The van der Waals surface area contributed by atoms with Crippen LogP contribution in [0.3, 0.4) is 0 Å². The third-order valence-electron chi connectivity index (χ3n) is 3.61. The summed E-state index contributed by atoms with van der Waals surface area (Å²) in [4.78, 5) is 12.0. The van der Waals surface area contributed by atoms with Crippen molar-refractivity contribution in [1.29, 1.82) is 0 Å². The highest BCUT2D eigenvalue weighted by molar-refractivity contribution is 9.10. The summed E-state index contributed by atoms with van der Waals surface area (Å²) in [5, 5.41) is 3.48. The van der Waals surface area contributed by atoms with Gasteiger partial charge in [0.2, 0.25) is 0 Å². The van der Waals surface area contributed by atoms with Crippen LogP contribution < -0.4 is 15.8 Å². The fourth-order valence-electron chi connectivity index (χ4n) is 2.50. The van der Waals surface area contributed by atoms with Gasteiger partial charge in [-0.15, -0.1) is 0 Å². The lowest BCUT2D eigenvalue weighted by Crippen LogP contribution is -2.52. The van der Waals surface area contributed by atoms with Gasteiger partial charge < -0.3 is 15.8 Å². The van der Waals surface area contributed by atoms with Crippen molar-refractivity contribution in [3.8, 4) is 5.75 Å². The minimum absolute atomic E-state index is 0.0525. The zero-order chi connectivity index (χ0) is 14.6. The van der Waals surface area contributed by atoms with Gasteiger partial charge in [0.15, 0.2) is 6.61 Å². The second-order valence-electron chi connectivity index (χ2n) is 5.10. The van der Waals surface area contributed by atoms with Crippen molar-refractivity contribution in [3.63, 3.8) is 0 Å². The molecule has 0 saturated heterocycles. The lowest BCUT2D eigenvalue weighted by atomic mass is 9.98. The fourth-order valence-corrected chi connectivity index (χ4v) is 3.23. The summed E-state index contributed by atoms with van der Waals surface area (Å²) in [6.07, 6.45) is 4.09. The summed E-state index contributed by atoms with van der Waals surface area (Å²) in [7, 11) is 0. The Labute approximate surface area is 132 Å². The monoisotopic (exact) mass is 360 g/mol. The molecule has 0 unspecified atom stereocenters. The van der Waals surface area contributed by atoms with Crippen molar-refractivity contribution in [2.24, 2.45) is 5.73 Å². The van der Waals surface area contributed by atoms with Crippen LogP contribution in [0, 0.1) is 0 Å². The van der Waals surface area contributed by atoms with Gasteiger partial charge in [-0.25, -0.2) is 0 Å². The molecule has 1 aromatic rings. The van der Waals surface area contributed by atoms with E-state index in [1.165, 1.54) is 0 Å². The molecular weight excluding hydrogens is 344 g/mol. The Bertz CT molecular complexity index is 490. The van der Waals surface area contributed by atoms with E-state index in [1.807, 2.05) is 6.07 Å². The Morgan fingerprint density at radius 2 is 2.15 bits per heavy atom. The van der Waals surface area contributed by atoms with Gasteiger partial charge >= 0.3 is 0 Å². The van der Waals surface area contributed by atoms with Crippen LogP contribution in [-0.2, 0) is 4.79 Å². The molecule has 0 aromatic heterocycles. The third-order valence-corrected chi connectivity index (χ3v) is 4.40. The van der Waals surface area contributed by atoms with Gasteiger partial charge in [0.1, 0.15) is 5.75 Å². The Morgan fingerprint density at radius 1 is 1.45 bits per heavy atom. The molecule has 4 nitrogen and oxygen atoms in total. The first-order chi connectivity index (χ1) is 9.54. The maximum absolute atomic E-state index is 12.0. The zero-order valence-electron chi connectivity index (χ0n) is 11.1. The van der Waals surface area contributed by atoms with Crippen molar-refractivity contribution >= 4 is 33.4 Å². The molecule has 1 aromatic carbocycles. The summed E-state index contributed by atoms with van der Waals surface area (Å²) in [6.45, 7) is 0.418. The number of ether oxygens (including phenoxy) is 1. The van der Waals surface area contributed by atoms with Crippen LogP contribution in [0.4, 0.5) is 0 Å². The first kappa shape index (κ1) is 15.6. The van der Waals surface area contributed by atoms with E-state index >= 15 is 0 Å². The second kappa shape index (κ2) is 6.78. The molecule has 0 aliphatic heterocycles. The number of hydrogen-bond acceptors (Lipinski definition) is 3. The van der Waals surface area contributed by atoms with E-state index in [4.69, 9.17) is 22.1 Å². The molecule has 1 aliphatic rings. The van der Waals surface area contributed by atoms with Gasteiger partial charge in [-0.05, 0) is 31.0 Å². The molecular formula is C14H18BrClN2O2. The minimum Gasteiger partial charge on any atom is -0.482 e. The standard InChI is InChI=1S/C14H18BrClN2O2/c15-10-3-4-12(11(16)7-10)20-8-13(19)18-14(9-17)5-1-2-6-14/h3-4,7H,1-2,5-6,8-9,17H2,(H,18,19). The Hall–Kier alpha value is -0.780. The molecule has 20 heavy (non-hydrogen) atoms. The first-order valence-corrected chi connectivity index (χ1v) is 7.81. The van der Waals surface area contributed by atoms with Crippen molar-refractivity contribution in [3.05, 3.63) is 27.7 Å². The fraction of sp³-hybridized carbons (Fsp3) is 0.500. The number of benzene rings is 1. The topological polar surface area (TPSA) is 64.3 Å². The van der Waals surface area contributed by atoms with Gasteiger partial charge in [-0.3, -0.25) is 4.79 Å². The second-order valence-corrected chi connectivity index (χ2v) is 6.43. The lowest BCUT2D eigenvalue weighted by Gasteiger charge is -2.28. The predicted octanol–water partition coefficient (Wildman–Crippen LogP) is 2.87. The normalized spacial score (nSPS) is 16.9.